The predicted molar refractivity (Wildman–Crippen MR) is 69.9 cm³/mol. The Bertz CT molecular complexity index is 495. The molecule has 0 saturated heterocycles. The summed E-state index contributed by atoms with van der Waals surface area (Å²) in [5.41, 5.74) is 1.71. The second kappa shape index (κ2) is 5.08. The van der Waals surface area contributed by atoms with Crippen molar-refractivity contribution in [1.82, 2.24) is 15.2 Å². The third kappa shape index (κ3) is 2.70. The quantitative estimate of drug-likeness (QED) is 0.877. The van der Waals surface area contributed by atoms with Crippen LogP contribution in [0.1, 0.15) is 27.2 Å². The molecular weight excluding hydrogens is 212 g/mol. The van der Waals surface area contributed by atoms with Crippen LogP contribution in [0.4, 0.5) is 5.95 Å². The van der Waals surface area contributed by atoms with Crippen molar-refractivity contribution in [3.8, 4) is 0 Å². The summed E-state index contributed by atoms with van der Waals surface area (Å²) in [6.45, 7) is 6.54. The molecule has 0 aliphatic carbocycles. The highest BCUT2D eigenvalue weighted by molar-refractivity contribution is 5.74. The summed E-state index contributed by atoms with van der Waals surface area (Å²) in [5.74, 6) is 1.17. The number of anilines is 1. The van der Waals surface area contributed by atoms with Crippen LogP contribution in [0.3, 0.4) is 0 Å². The van der Waals surface area contributed by atoms with Crippen LogP contribution in [0, 0.1) is 5.92 Å². The van der Waals surface area contributed by atoms with Gasteiger partial charge in [-0.2, -0.15) is 0 Å². The Balaban J connectivity index is 2.24. The van der Waals surface area contributed by atoms with E-state index in [0.29, 0.717) is 17.9 Å². The number of hydrogen-bond donors (Lipinski definition) is 1. The summed E-state index contributed by atoms with van der Waals surface area (Å²) >= 11 is 0. The van der Waals surface area contributed by atoms with Gasteiger partial charge in [-0.1, -0.05) is 32.9 Å². The second-order valence-electron chi connectivity index (χ2n) is 4.53. The average molecular weight is 230 g/mol. The second-order valence-corrected chi connectivity index (χ2v) is 4.53. The Morgan fingerprint density at radius 1 is 1.12 bits per heavy atom. The van der Waals surface area contributed by atoms with E-state index in [1.807, 2.05) is 24.3 Å². The minimum absolute atomic E-state index is 0.387. The SMILES string of the molecule is CCC(Nc1nnc2ccccc2n1)C(C)C. The first-order valence-electron chi connectivity index (χ1n) is 6.06. The van der Waals surface area contributed by atoms with Gasteiger partial charge in [-0.05, 0) is 24.5 Å². The van der Waals surface area contributed by atoms with E-state index in [4.69, 9.17) is 0 Å². The smallest absolute Gasteiger partial charge is 0.243 e. The van der Waals surface area contributed by atoms with Crippen LogP contribution in [-0.2, 0) is 0 Å². The van der Waals surface area contributed by atoms with Gasteiger partial charge in [-0.15, -0.1) is 10.2 Å². The molecule has 2 rings (SSSR count). The Hall–Kier alpha value is -1.71. The van der Waals surface area contributed by atoms with E-state index in [1.165, 1.54) is 0 Å². The van der Waals surface area contributed by atoms with Gasteiger partial charge in [0.1, 0.15) is 5.52 Å². The van der Waals surface area contributed by atoms with Crippen molar-refractivity contribution in [3.05, 3.63) is 24.3 Å². The summed E-state index contributed by atoms with van der Waals surface area (Å²) < 4.78 is 0. The van der Waals surface area contributed by atoms with Crippen LogP contribution in [0.25, 0.3) is 11.0 Å². The zero-order valence-electron chi connectivity index (χ0n) is 10.5. The van der Waals surface area contributed by atoms with E-state index in [1.54, 1.807) is 0 Å². The number of aromatic nitrogens is 3. The van der Waals surface area contributed by atoms with Gasteiger partial charge < -0.3 is 5.32 Å². The first kappa shape index (κ1) is 11.8. The van der Waals surface area contributed by atoms with Gasteiger partial charge in [0.25, 0.3) is 0 Å². The van der Waals surface area contributed by atoms with Crippen molar-refractivity contribution in [2.45, 2.75) is 33.2 Å². The minimum atomic E-state index is 0.387. The summed E-state index contributed by atoms with van der Waals surface area (Å²) in [4.78, 5) is 4.46. The molecule has 1 unspecified atom stereocenters. The zero-order chi connectivity index (χ0) is 12.3. The fourth-order valence-electron chi connectivity index (χ4n) is 1.85. The van der Waals surface area contributed by atoms with Gasteiger partial charge in [0.15, 0.2) is 0 Å². The number of para-hydroxylation sites is 1. The van der Waals surface area contributed by atoms with Crippen LogP contribution in [0.2, 0.25) is 0 Å². The van der Waals surface area contributed by atoms with E-state index in [2.05, 4.69) is 41.3 Å². The van der Waals surface area contributed by atoms with E-state index in [9.17, 15) is 0 Å². The van der Waals surface area contributed by atoms with Crippen molar-refractivity contribution >= 4 is 17.0 Å². The van der Waals surface area contributed by atoms with Crippen molar-refractivity contribution in [2.24, 2.45) is 5.92 Å². The third-order valence-corrected chi connectivity index (χ3v) is 2.92. The van der Waals surface area contributed by atoms with Gasteiger partial charge in [0.2, 0.25) is 5.95 Å². The molecule has 1 atom stereocenters. The molecule has 0 aliphatic rings. The maximum Gasteiger partial charge on any atom is 0.243 e. The van der Waals surface area contributed by atoms with Gasteiger partial charge in [0, 0.05) is 6.04 Å². The molecule has 1 aromatic heterocycles. The standard InChI is InChI=1S/C13H18N4/c1-4-10(9(2)3)14-13-15-11-7-5-6-8-12(11)16-17-13/h5-10H,4H2,1-3H3,(H,14,15,17). The van der Waals surface area contributed by atoms with Crippen LogP contribution in [0.15, 0.2) is 24.3 Å². The highest BCUT2D eigenvalue weighted by Gasteiger charge is 2.12. The van der Waals surface area contributed by atoms with Gasteiger partial charge >= 0.3 is 0 Å². The topological polar surface area (TPSA) is 50.7 Å². The molecule has 2 aromatic rings. The lowest BCUT2D eigenvalue weighted by atomic mass is 10.0. The molecule has 0 spiro atoms. The molecule has 0 aliphatic heterocycles. The number of fused-ring (bicyclic) bond motifs is 1. The van der Waals surface area contributed by atoms with Gasteiger partial charge in [-0.25, -0.2) is 4.98 Å². The molecule has 90 valence electrons. The van der Waals surface area contributed by atoms with Gasteiger partial charge in [-0.3, -0.25) is 0 Å². The fraction of sp³-hybridized carbons (Fsp3) is 0.462. The Kier molecular flexibility index (Phi) is 3.52. The summed E-state index contributed by atoms with van der Waals surface area (Å²) in [7, 11) is 0. The van der Waals surface area contributed by atoms with Crippen molar-refractivity contribution in [1.29, 1.82) is 0 Å². The van der Waals surface area contributed by atoms with Crippen LogP contribution >= 0.6 is 0 Å². The van der Waals surface area contributed by atoms with E-state index in [0.717, 1.165) is 17.5 Å². The molecule has 17 heavy (non-hydrogen) atoms. The maximum atomic E-state index is 4.46. The minimum Gasteiger partial charge on any atom is -0.350 e. The molecule has 0 fully saturated rings. The van der Waals surface area contributed by atoms with Crippen LogP contribution in [0.5, 0.6) is 0 Å². The summed E-state index contributed by atoms with van der Waals surface area (Å²) in [6, 6.07) is 8.15. The lowest BCUT2D eigenvalue weighted by Crippen LogP contribution is -2.25. The average Bonchev–Trinajstić information content (AvgIpc) is 2.35. The summed E-state index contributed by atoms with van der Waals surface area (Å²) in [6.07, 6.45) is 1.05. The molecule has 4 heteroatoms. The third-order valence-electron chi connectivity index (χ3n) is 2.92. The molecular formula is C13H18N4. The largest absolute Gasteiger partial charge is 0.350 e. The Morgan fingerprint density at radius 2 is 1.82 bits per heavy atom. The number of nitrogens with one attached hydrogen (secondary N) is 1. The lowest BCUT2D eigenvalue weighted by Gasteiger charge is -2.20. The Labute approximate surface area is 101 Å². The van der Waals surface area contributed by atoms with Crippen molar-refractivity contribution < 1.29 is 0 Å². The van der Waals surface area contributed by atoms with Crippen molar-refractivity contribution in [2.75, 3.05) is 5.32 Å². The normalized spacial score (nSPS) is 12.9. The van der Waals surface area contributed by atoms with Crippen LogP contribution < -0.4 is 5.32 Å². The maximum absolute atomic E-state index is 4.46. The molecule has 4 nitrogen and oxygen atoms in total. The van der Waals surface area contributed by atoms with E-state index >= 15 is 0 Å². The number of hydrogen-bond acceptors (Lipinski definition) is 4. The highest BCUT2D eigenvalue weighted by Crippen LogP contribution is 2.13. The first-order chi connectivity index (χ1) is 8.20. The molecule has 1 N–H and O–H groups in total. The van der Waals surface area contributed by atoms with E-state index in [-0.39, 0.29) is 0 Å². The molecule has 0 saturated carbocycles. The predicted octanol–water partition coefficient (Wildman–Crippen LogP) is 2.87. The number of benzene rings is 1. The molecule has 1 heterocycles. The molecule has 0 radical (unpaired) electrons. The highest BCUT2D eigenvalue weighted by atomic mass is 15.2. The first-order valence-corrected chi connectivity index (χ1v) is 6.06. The number of rotatable bonds is 4. The summed E-state index contributed by atoms with van der Waals surface area (Å²) in [5, 5.41) is 11.6. The monoisotopic (exact) mass is 230 g/mol. The van der Waals surface area contributed by atoms with E-state index < -0.39 is 0 Å². The van der Waals surface area contributed by atoms with Crippen LogP contribution in [-0.4, -0.2) is 21.2 Å². The zero-order valence-corrected chi connectivity index (χ0v) is 10.5. The van der Waals surface area contributed by atoms with Gasteiger partial charge in [0.05, 0.1) is 5.52 Å². The number of nitrogens with zero attached hydrogens (tertiary/aromatic N) is 3. The molecule has 0 amide bonds. The Morgan fingerprint density at radius 3 is 2.47 bits per heavy atom. The molecule has 0 bridgehead atoms. The molecule has 1 aromatic carbocycles. The van der Waals surface area contributed by atoms with Crippen molar-refractivity contribution in [3.63, 3.8) is 0 Å². The fourth-order valence-corrected chi connectivity index (χ4v) is 1.85. The lowest BCUT2D eigenvalue weighted by molar-refractivity contribution is 0.507.